The van der Waals surface area contributed by atoms with Gasteiger partial charge in [0, 0.05) is 25.2 Å². The number of benzene rings is 1. The highest BCUT2D eigenvalue weighted by molar-refractivity contribution is 7.89. The van der Waals surface area contributed by atoms with Crippen LogP contribution in [0.4, 0.5) is 5.69 Å². The zero-order chi connectivity index (χ0) is 15.9. The van der Waals surface area contributed by atoms with Gasteiger partial charge in [-0.25, -0.2) is 13.1 Å². The predicted molar refractivity (Wildman–Crippen MR) is 80.8 cm³/mol. The van der Waals surface area contributed by atoms with Crippen LogP contribution in [0.3, 0.4) is 0 Å². The van der Waals surface area contributed by atoms with Crippen molar-refractivity contribution in [2.45, 2.75) is 31.6 Å². The Morgan fingerprint density at radius 1 is 1.19 bits per heavy atom. The van der Waals surface area contributed by atoms with E-state index < -0.39 is 14.9 Å². The van der Waals surface area contributed by atoms with Crippen LogP contribution in [0, 0.1) is 10.1 Å². The second kappa shape index (κ2) is 8.06. The average Bonchev–Trinajstić information content (AvgIpc) is 2.46. The van der Waals surface area contributed by atoms with E-state index in [9.17, 15) is 18.5 Å². The van der Waals surface area contributed by atoms with Crippen molar-refractivity contribution in [3.8, 4) is 0 Å². The van der Waals surface area contributed by atoms with Crippen molar-refractivity contribution < 1.29 is 13.3 Å². The van der Waals surface area contributed by atoms with Crippen molar-refractivity contribution >= 4 is 15.7 Å². The standard InChI is InChI=1S/C13H21N3O4S/c1-3-7-14-8-9-15-21(19,20)13-10-12(16(17)18)6-5-11(13)4-2/h5-6,10,14-15H,3-4,7-9H2,1-2H3. The molecule has 0 unspecified atom stereocenters. The molecule has 7 nitrogen and oxygen atoms in total. The Hall–Kier alpha value is -1.51. The van der Waals surface area contributed by atoms with E-state index in [0.717, 1.165) is 19.0 Å². The summed E-state index contributed by atoms with van der Waals surface area (Å²) < 4.78 is 27.0. The third-order valence-corrected chi connectivity index (χ3v) is 4.50. The van der Waals surface area contributed by atoms with Crippen LogP contribution in [-0.2, 0) is 16.4 Å². The molecular formula is C13H21N3O4S. The lowest BCUT2D eigenvalue weighted by Gasteiger charge is -2.10. The largest absolute Gasteiger partial charge is 0.315 e. The molecule has 0 aliphatic heterocycles. The van der Waals surface area contributed by atoms with Crippen molar-refractivity contribution in [1.29, 1.82) is 0 Å². The van der Waals surface area contributed by atoms with Crippen LogP contribution in [0.5, 0.6) is 0 Å². The van der Waals surface area contributed by atoms with Gasteiger partial charge in [0.25, 0.3) is 5.69 Å². The third-order valence-electron chi connectivity index (χ3n) is 2.95. The van der Waals surface area contributed by atoms with Gasteiger partial charge >= 0.3 is 0 Å². The highest BCUT2D eigenvalue weighted by Crippen LogP contribution is 2.22. The molecule has 1 aromatic carbocycles. The van der Waals surface area contributed by atoms with Gasteiger partial charge in [0.1, 0.15) is 0 Å². The van der Waals surface area contributed by atoms with Gasteiger partial charge in [-0.1, -0.05) is 19.9 Å². The summed E-state index contributed by atoms with van der Waals surface area (Å²) in [5.41, 5.74) is 0.339. The van der Waals surface area contributed by atoms with Crippen LogP contribution in [0.2, 0.25) is 0 Å². The van der Waals surface area contributed by atoms with E-state index in [1.807, 2.05) is 13.8 Å². The lowest BCUT2D eigenvalue weighted by molar-refractivity contribution is -0.385. The minimum absolute atomic E-state index is 0.0188. The van der Waals surface area contributed by atoms with Crippen molar-refractivity contribution in [3.05, 3.63) is 33.9 Å². The number of rotatable bonds is 9. The summed E-state index contributed by atoms with van der Waals surface area (Å²) in [6.07, 6.45) is 1.46. The molecule has 2 N–H and O–H groups in total. The zero-order valence-corrected chi connectivity index (χ0v) is 13.1. The highest BCUT2D eigenvalue weighted by Gasteiger charge is 2.20. The van der Waals surface area contributed by atoms with E-state index in [2.05, 4.69) is 10.0 Å². The topological polar surface area (TPSA) is 101 Å². The quantitative estimate of drug-likeness (QED) is 0.408. The molecule has 0 saturated carbocycles. The number of nitro groups is 1. The zero-order valence-electron chi connectivity index (χ0n) is 12.3. The molecule has 0 fully saturated rings. The smallest absolute Gasteiger partial charge is 0.270 e. The molecule has 21 heavy (non-hydrogen) atoms. The van der Waals surface area contributed by atoms with Gasteiger partial charge in [0.05, 0.1) is 9.82 Å². The molecule has 0 spiro atoms. The fraction of sp³-hybridized carbons (Fsp3) is 0.538. The van der Waals surface area contributed by atoms with Crippen LogP contribution in [-0.4, -0.2) is 33.0 Å². The van der Waals surface area contributed by atoms with Gasteiger partial charge in [-0.05, 0) is 24.9 Å². The second-order valence-electron chi connectivity index (χ2n) is 4.55. The number of nitro benzene ring substituents is 1. The van der Waals surface area contributed by atoms with E-state index in [0.29, 0.717) is 18.5 Å². The van der Waals surface area contributed by atoms with E-state index in [1.54, 1.807) is 0 Å². The molecule has 1 rings (SSSR count). The van der Waals surface area contributed by atoms with Crippen LogP contribution >= 0.6 is 0 Å². The number of nitrogens with zero attached hydrogens (tertiary/aromatic N) is 1. The maximum Gasteiger partial charge on any atom is 0.270 e. The predicted octanol–water partition coefficient (Wildman–Crippen LogP) is 1.44. The minimum Gasteiger partial charge on any atom is -0.315 e. The summed E-state index contributed by atoms with van der Waals surface area (Å²) in [5, 5.41) is 13.9. The molecule has 0 atom stereocenters. The van der Waals surface area contributed by atoms with Gasteiger partial charge in [0.2, 0.25) is 10.0 Å². The van der Waals surface area contributed by atoms with Gasteiger partial charge in [-0.3, -0.25) is 10.1 Å². The van der Waals surface area contributed by atoms with Crippen molar-refractivity contribution in [2.24, 2.45) is 0 Å². The summed E-state index contributed by atoms with van der Waals surface area (Å²) in [6, 6.07) is 3.92. The number of hydrogen-bond acceptors (Lipinski definition) is 5. The molecule has 1 aromatic rings. The molecule has 0 saturated heterocycles. The molecule has 0 bridgehead atoms. The van der Waals surface area contributed by atoms with Gasteiger partial charge < -0.3 is 5.32 Å². The number of hydrogen-bond donors (Lipinski definition) is 2. The first kappa shape index (κ1) is 17.5. The van der Waals surface area contributed by atoms with Crippen LogP contribution < -0.4 is 10.0 Å². The van der Waals surface area contributed by atoms with Crippen molar-refractivity contribution in [3.63, 3.8) is 0 Å². The van der Waals surface area contributed by atoms with Crippen LogP contribution in [0.1, 0.15) is 25.8 Å². The molecule has 118 valence electrons. The van der Waals surface area contributed by atoms with Crippen molar-refractivity contribution in [2.75, 3.05) is 19.6 Å². The number of aryl methyl sites for hydroxylation is 1. The fourth-order valence-electron chi connectivity index (χ4n) is 1.85. The monoisotopic (exact) mass is 315 g/mol. The van der Waals surface area contributed by atoms with E-state index in [1.165, 1.54) is 12.1 Å². The van der Waals surface area contributed by atoms with Crippen LogP contribution in [0.25, 0.3) is 0 Å². The average molecular weight is 315 g/mol. The van der Waals surface area contributed by atoms with E-state index in [4.69, 9.17) is 0 Å². The number of non-ortho nitro benzene ring substituents is 1. The third kappa shape index (κ3) is 5.07. The van der Waals surface area contributed by atoms with Gasteiger partial charge in [-0.2, -0.15) is 0 Å². The summed E-state index contributed by atoms with van der Waals surface area (Å²) in [5.74, 6) is 0. The molecular weight excluding hydrogens is 294 g/mol. The van der Waals surface area contributed by atoms with E-state index >= 15 is 0 Å². The maximum atomic E-state index is 12.3. The van der Waals surface area contributed by atoms with E-state index in [-0.39, 0.29) is 17.1 Å². The Morgan fingerprint density at radius 2 is 1.90 bits per heavy atom. The van der Waals surface area contributed by atoms with Gasteiger partial charge in [-0.15, -0.1) is 0 Å². The summed E-state index contributed by atoms with van der Waals surface area (Å²) >= 11 is 0. The lowest BCUT2D eigenvalue weighted by Crippen LogP contribution is -2.32. The Morgan fingerprint density at radius 3 is 2.48 bits per heavy atom. The normalized spacial score (nSPS) is 11.5. The first-order valence-corrected chi connectivity index (χ1v) is 8.38. The molecule has 0 amide bonds. The Bertz CT molecular complexity index is 587. The molecule has 0 heterocycles. The fourth-order valence-corrected chi connectivity index (χ4v) is 3.21. The molecule has 0 aliphatic rings. The molecule has 0 radical (unpaired) electrons. The molecule has 0 aliphatic carbocycles. The molecule has 0 aromatic heterocycles. The summed E-state index contributed by atoms with van der Waals surface area (Å²) in [6.45, 7) is 5.41. The number of sulfonamides is 1. The molecule has 8 heteroatoms. The van der Waals surface area contributed by atoms with Crippen LogP contribution in [0.15, 0.2) is 23.1 Å². The second-order valence-corrected chi connectivity index (χ2v) is 6.29. The number of nitrogens with one attached hydrogen (secondary N) is 2. The minimum atomic E-state index is -3.74. The maximum absolute atomic E-state index is 12.3. The summed E-state index contributed by atoms with van der Waals surface area (Å²) in [4.78, 5) is 10.2. The first-order valence-electron chi connectivity index (χ1n) is 6.90. The first-order chi connectivity index (χ1) is 9.92. The Balaban J connectivity index is 2.90. The highest BCUT2D eigenvalue weighted by atomic mass is 32.2. The van der Waals surface area contributed by atoms with Gasteiger partial charge in [0.15, 0.2) is 0 Å². The summed E-state index contributed by atoms with van der Waals surface area (Å²) in [7, 11) is -3.74. The SMILES string of the molecule is CCCNCCNS(=O)(=O)c1cc([N+](=O)[O-])ccc1CC. The lowest BCUT2D eigenvalue weighted by atomic mass is 10.1. The van der Waals surface area contributed by atoms with Crippen molar-refractivity contribution in [1.82, 2.24) is 10.0 Å². The Labute approximate surface area is 124 Å². The Kier molecular flexibility index (Phi) is 6.73.